The number of thiophene rings is 1. The van der Waals surface area contributed by atoms with Gasteiger partial charge < -0.3 is 14.5 Å². The molecule has 0 saturated heterocycles. The molecule has 0 spiro atoms. The quantitative estimate of drug-likeness (QED) is 0.515. The van der Waals surface area contributed by atoms with Crippen LogP contribution < -0.4 is 4.74 Å². The van der Waals surface area contributed by atoms with Gasteiger partial charge in [0.2, 0.25) is 11.8 Å². The van der Waals surface area contributed by atoms with Crippen LogP contribution >= 0.6 is 22.9 Å². The maximum Gasteiger partial charge on any atom is 0.242 e. The highest BCUT2D eigenvalue weighted by Crippen LogP contribution is 2.34. The van der Waals surface area contributed by atoms with Crippen LogP contribution in [0, 0.1) is 18.8 Å². The molecule has 7 heteroatoms. The number of carbonyl (C=O) groups excluding carboxylic acids is 2. The van der Waals surface area contributed by atoms with Gasteiger partial charge in [0.05, 0.1) is 12.6 Å². The van der Waals surface area contributed by atoms with Crippen LogP contribution in [-0.4, -0.2) is 47.9 Å². The highest BCUT2D eigenvalue weighted by molar-refractivity contribution is 7.10. The summed E-state index contributed by atoms with van der Waals surface area (Å²) in [6.45, 7) is 11.5. The van der Waals surface area contributed by atoms with Crippen LogP contribution in [0.4, 0.5) is 0 Å². The van der Waals surface area contributed by atoms with E-state index in [4.69, 9.17) is 16.3 Å². The molecule has 1 aromatic carbocycles. The summed E-state index contributed by atoms with van der Waals surface area (Å²) in [4.78, 5) is 31.1. The molecular weight excluding hydrogens is 444 g/mol. The predicted molar refractivity (Wildman–Crippen MR) is 130 cm³/mol. The summed E-state index contributed by atoms with van der Waals surface area (Å²) in [7, 11) is 0. The first-order chi connectivity index (χ1) is 15.2. The number of rotatable bonds is 8. The van der Waals surface area contributed by atoms with Gasteiger partial charge in [-0.15, -0.1) is 11.3 Å². The zero-order valence-corrected chi connectivity index (χ0v) is 21.1. The summed E-state index contributed by atoms with van der Waals surface area (Å²) < 4.78 is 6.11. The number of amides is 2. The first-order valence-electron chi connectivity index (χ1n) is 11.2. The molecule has 0 aliphatic carbocycles. The van der Waals surface area contributed by atoms with Gasteiger partial charge in [-0.25, -0.2) is 0 Å². The van der Waals surface area contributed by atoms with E-state index in [0.29, 0.717) is 30.6 Å². The second kappa shape index (κ2) is 10.7. The summed E-state index contributed by atoms with van der Waals surface area (Å²) in [5, 5.41) is 2.78. The lowest BCUT2D eigenvalue weighted by atomic mass is 10.00. The van der Waals surface area contributed by atoms with Gasteiger partial charge in [0.1, 0.15) is 12.4 Å². The summed E-state index contributed by atoms with van der Waals surface area (Å²) in [5.41, 5.74) is 2.10. The molecule has 0 bridgehead atoms. The molecule has 0 saturated carbocycles. The number of ether oxygens (including phenoxy) is 1. The molecule has 2 heterocycles. The van der Waals surface area contributed by atoms with Gasteiger partial charge in [0.15, 0.2) is 0 Å². The van der Waals surface area contributed by atoms with Crippen molar-refractivity contribution in [3.8, 4) is 5.75 Å². The number of hydrogen-bond donors (Lipinski definition) is 0. The molecule has 5 nitrogen and oxygen atoms in total. The van der Waals surface area contributed by atoms with Gasteiger partial charge in [0, 0.05) is 28.9 Å². The average molecular weight is 477 g/mol. The summed E-state index contributed by atoms with van der Waals surface area (Å²) >= 11 is 7.86. The Kier molecular flexibility index (Phi) is 8.23. The highest BCUT2D eigenvalue weighted by Gasteiger charge is 2.34. The van der Waals surface area contributed by atoms with Crippen LogP contribution in [0.25, 0.3) is 0 Å². The molecule has 2 amide bonds. The van der Waals surface area contributed by atoms with Crippen LogP contribution in [0.1, 0.15) is 49.7 Å². The van der Waals surface area contributed by atoms with E-state index in [1.54, 1.807) is 16.2 Å². The van der Waals surface area contributed by atoms with Crippen molar-refractivity contribution in [1.82, 2.24) is 9.80 Å². The zero-order chi connectivity index (χ0) is 23.4. The van der Waals surface area contributed by atoms with Gasteiger partial charge in [-0.3, -0.25) is 9.59 Å². The maximum atomic E-state index is 13.4. The Morgan fingerprint density at radius 1 is 1.25 bits per heavy atom. The van der Waals surface area contributed by atoms with Crippen LogP contribution in [0.3, 0.4) is 0 Å². The standard InChI is InChI=1S/C25H33ClN2O3S/c1-16(2)13-27(25(30)17(3)4)14-24(29)28-10-8-23-20(9-11-32-23)22(28)15-31-19-6-7-21(26)18(5)12-19/h6-7,9,11-12,16-17,22H,8,10,13-15H2,1-5H3/t22-/m1/s1. The van der Waals surface area contributed by atoms with Crippen LogP contribution in [0.2, 0.25) is 5.02 Å². The Labute approximate surface area is 200 Å². The van der Waals surface area contributed by atoms with Crippen molar-refractivity contribution in [3.63, 3.8) is 0 Å². The van der Waals surface area contributed by atoms with Gasteiger partial charge in [-0.1, -0.05) is 39.3 Å². The van der Waals surface area contributed by atoms with Crippen molar-refractivity contribution in [2.45, 2.75) is 47.1 Å². The largest absolute Gasteiger partial charge is 0.491 e. The first-order valence-corrected chi connectivity index (χ1v) is 12.5. The molecule has 3 rings (SSSR count). The monoisotopic (exact) mass is 476 g/mol. The lowest BCUT2D eigenvalue weighted by molar-refractivity contribution is -0.144. The van der Waals surface area contributed by atoms with Crippen LogP contribution in [0.15, 0.2) is 29.6 Å². The second-order valence-corrected chi connectivity index (χ2v) is 10.5. The van der Waals surface area contributed by atoms with Gasteiger partial charge >= 0.3 is 0 Å². The minimum atomic E-state index is -0.177. The fraction of sp³-hybridized carbons (Fsp3) is 0.520. The van der Waals surface area contributed by atoms with Crippen molar-refractivity contribution in [3.05, 3.63) is 50.7 Å². The number of aryl methyl sites for hydroxylation is 1. The predicted octanol–water partition coefficient (Wildman–Crippen LogP) is 5.36. The fourth-order valence-electron chi connectivity index (χ4n) is 4.05. The molecule has 0 unspecified atom stereocenters. The molecular formula is C25H33ClN2O3S. The van der Waals surface area contributed by atoms with E-state index in [-0.39, 0.29) is 30.3 Å². The zero-order valence-electron chi connectivity index (χ0n) is 19.6. The smallest absolute Gasteiger partial charge is 0.242 e. The first kappa shape index (κ1) is 24.6. The van der Waals surface area contributed by atoms with E-state index in [0.717, 1.165) is 23.3 Å². The minimum Gasteiger partial charge on any atom is -0.491 e. The topological polar surface area (TPSA) is 49.9 Å². The van der Waals surface area contributed by atoms with E-state index in [9.17, 15) is 9.59 Å². The van der Waals surface area contributed by atoms with E-state index in [1.165, 1.54) is 4.88 Å². The minimum absolute atomic E-state index is 0.0183. The Morgan fingerprint density at radius 3 is 2.66 bits per heavy atom. The Hall–Kier alpha value is -2.05. The number of halogens is 1. The normalized spacial score (nSPS) is 15.8. The van der Waals surface area contributed by atoms with Gasteiger partial charge in [0.25, 0.3) is 0 Å². The molecule has 1 aliphatic heterocycles. The summed E-state index contributed by atoms with van der Waals surface area (Å²) in [6.07, 6.45) is 0.831. The molecule has 1 aromatic heterocycles. The van der Waals surface area contributed by atoms with Gasteiger partial charge in [-0.2, -0.15) is 0 Å². The van der Waals surface area contributed by atoms with Crippen molar-refractivity contribution in [2.24, 2.45) is 11.8 Å². The number of hydrogen-bond acceptors (Lipinski definition) is 4. The Morgan fingerprint density at radius 2 is 2.00 bits per heavy atom. The highest BCUT2D eigenvalue weighted by atomic mass is 35.5. The lowest BCUT2D eigenvalue weighted by Gasteiger charge is -2.37. The fourth-order valence-corrected chi connectivity index (χ4v) is 5.09. The van der Waals surface area contributed by atoms with Crippen molar-refractivity contribution >= 4 is 34.8 Å². The third-order valence-corrected chi connectivity index (χ3v) is 7.09. The van der Waals surface area contributed by atoms with E-state index in [1.807, 2.05) is 43.9 Å². The summed E-state index contributed by atoms with van der Waals surface area (Å²) in [5.74, 6) is 0.876. The Bertz CT molecular complexity index is 956. The van der Waals surface area contributed by atoms with E-state index >= 15 is 0 Å². The van der Waals surface area contributed by atoms with Crippen molar-refractivity contribution < 1.29 is 14.3 Å². The molecule has 0 fully saturated rings. The number of nitrogens with zero attached hydrogens (tertiary/aromatic N) is 2. The van der Waals surface area contributed by atoms with Crippen LogP contribution in [-0.2, 0) is 16.0 Å². The summed E-state index contributed by atoms with van der Waals surface area (Å²) in [6, 6.07) is 7.50. The van der Waals surface area contributed by atoms with E-state index < -0.39 is 0 Å². The Balaban J connectivity index is 1.78. The SMILES string of the molecule is Cc1cc(OC[C@@H]2c3ccsc3CCN2C(=O)CN(CC(C)C)C(=O)C(C)C)ccc1Cl. The molecule has 0 radical (unpaired) electrons. The maximum absolute atomic E-state index is 13.4. The third kappa shape index (κ3) is 5.84. The second-order valence-electron chi connectivity index (χ2n) is 9.14. The molecule has 1 aliphatic rings. The van der Waals surface area contributed by atoms with Crippen molar-refractivity contribution in [1.29, 1.82) is 0 Å². The molecule has 2 aromatic rings. The third-order valence-electron chi connectivity index (χ3n) is 5.67. The number of carbonyl (C=O) groups is 2. The molecule has 174 valence electrons. The van der Waals surface area contributed by atoms with E-state index in [2.05, 4.69) is 25.3 Å². The molecule has 0 N–H and O–H groups in total. The average Bonchev–Trinajstić information content (AvgIpc) is 3.21. The number of fused-ring (bicyclic) bond motifs is 1. The molecule has 32 heavy (non-hydrogen) atoms. The van der Waals surface area contributed by atoms with Gasteiger partial charge in [-0.05, 0) is 60.0 Å². The van der Waals surface area contributed by atoms with Crippen molar-refractivity contribution in [2.75, 3.05) is 26.2 Å². The number of benzene rings is 1. The lowest BCUT2D eigenvalue weighted by Crippen LogP contribution is -2.49. The van der Waals surface area contributed by atoms with Crippen LogP contribution in [0.5, 0.6) is 5.75 Å². The molecule has 1 atom stereocenters.